The van der Waals surface area contributed by atoms with Gasteiger partial charge < -0.3 is 9.47 Å². The van der Waals surface area contributed by atoms with E-state index in [4.69, 9.17) is 9.47 Å². The Kier molecular flexibility index (Phi) is 6.57. The number of benzene rings is 1. The zero-order chi connectivity index (χ0) is 26.0. The molecule has 1 aromatic rings. The minimum atomic E-state index is -0.176. The molecule has 1 spiro atoms. The van der Waals surface area contributed by atoms with E-state index in [-0.39, 0.29) is 23.1 Å². The van der Waals surface area contributed by atoms with Gasteiger partial charge in [-0.3, -0.25) is 0 Å². The van der Waals surface area contributed by atoms with Crippen molar-refractivity contribution < 1.29 is 14.3 Å². The van der Waals surface area contributed by atoms with Gasteiger partial charge in [0, 0.05) is 11.8 Å². The topological polar surface area (TPSA) is 38.8 Å². The van der Waals surface area contributed by atoms with Gasteiger partial charge in [-0.1, -0.05) is 72.1 Å². The maximum absolute atomic E-state index is 12.8. The highest BCUT2D eigenvalue weighted by atomic mass is 16.6. The number of carbonyl (C=O) groups excluding carboxylic acids is 1. The van der Waals surface area contributed by atoms with E-state index >= 15 is 0 Å². The zero-order valence-corrected chi connectivity index (χ0v) is 24.0. The van der Waals surface area contributed by atoms with E-state index in [1.807, 2.05) is 30.3 Å². The summed E-state index contributed by atoms with van der Waals surface area (Å²) in [6.07, 6.45) is 14.5. The van der Waals surface area contributed by atoms with Crippen molar-refractivity contribution in [3.8, 4) is 0 Å². The molecule has 4 aliphatic carbocycles. The summed E-state index contributed by atoms with van der Waals surface area (Å²) in [7, 11) is 0. The van der Waals surface area contributed by atoms with E-state index in [0.29, 0.717) is 17.1 Å². The van der Waals surface area contributed by atoms with E-state index in [1.54, 1.807) is 0 Å². The Morgan fingerprint density at radius 3 is 2.54 bits per heavy atom. The van der Waals surface area contributed by atoms with Gasteiger partial charge >= 0.3 is 5.97 Å². The predicted molar refractivity (Wildman–Crippen MR) is 148 cm³/mol. The Morgan fingerprint density at radius 2 is 1.78 bits per heavy atom. The second-order valence-corrected chi connectivity index (χ2v) is 14.7. The number of esters is 1. The monoisotopic (exact) mass is 506 g/mol. The summed E-state index contributed by atoms with van der Waals surface area (Å²) in [5, 5.41) is 0. The molecular formula is C34H50O3. The van der Waals surface area contributed by atoms with Crippen LogP contribution in [0.1, 0.15) is 116 Å². The predicted octanol–water partition coefficient (Wildman–Crippen LogP) is 8.46. The fourth-order valence-electron chi connectivity index (χ4n) is 10.6. The van der Waals surface area contributed by atoms with Crippen molar-refractivity contribution in [3.05, 3.63) is 35.9 Å². The highest BCUT2D eigenvalue weighted by molar-refractivity contribution is 5.89. The summed E-state index contributed by atoms with van der Waals surface area (Å²) in [6, 6.07) is 9.47. The van der Waals surface area contributed by atoms with Crippen LogP contribution in [0.4, 0.5) is 0 Å². The molecule has 10 atom stereocenters. The van der Waals surface area contributed by atoms with Crippen LogP contribution in [-0.4, -0.2) is 23.8 Å². The number of epoxide rings is 1. The maximum atomic E-state index is 12.8. The first-order chi connectivity index (χ1) is 17.7. The molecule has 1 saturated heterocycles. The van der Waals surface area contributed by atoms with Crippen molar-refractivity contribution >= 4 is 5.97 Å². The van der Waals surface area contributed by atoms with Crippen LogP contribution in [0, 0.1) is 46.3 Å². The normalized spacial score (nSPS) is 44.8. The third-order valence-corrected chi connectivity index (χ3v) is 12.5. The molecular weight excluding hydrogens is 456 g/mol. The van der Waals surface area contributed by atoms with E-state index in [0.717, 1.165) is 54.8 Å². The zero-order valence-electron chi connectivity index (χ0n) is 24.0. The van der Waals surface area contributed by atoms with Gasteiger partial charge in [0.1, 0.15) is 11.7 Å². The molecule has 5 aliphatic rings. The summed E-state index contributed by atoms with van der Waals surface area (Å²) in [5.41, 5.74) is 1.36. The first kappa shape index (κ1) is 25.9. The van der Waals surface area contributed by atoms with Gasteiger partial charge in [-0.15, -0.1) is 0 Å². The molecule has 0 bridgehead atoms. The van der Waals surface area contributed by atoms with Gasteiger partial charge in [-0.2, -0.15) is 0 Å². The van der Waals surface area contributed by atoms with Gasteiger partial charge in [0.25, 0.3) is 0 Å². The highest BCUT2D eigenvalue weighted by Gasteiger charge is 2.76. The van der Waals surface area contributed by atoms with Crippen LogP contribution in [0.5, 0.6) is 0 Å². The molecule has 204 valence electrons. The fourth-order valence-corrected chi connectivity index (χ4v) is 10.6. The Balaban J connectivity index is 1.14. The summed E-state index contributed by atoms with van der Waals surface area (Å²) in [6.45, 7) is 12.5. The van der Waals surface area contributed by atoms with Crippen LogP contribution >= 0.6 is 0 Å². The molecule has 0 N–H and O–H groups in total. The molecule has 1 aromatic carbocycles. The van der Waals surface area contributed by atoms with Crippen molar-refractivity contribution in [3.63, 3.8) is 0 Å². The summed E-state index contributed by atoms with van der Waals surface area (Å²) >= 11 is 0. The number of hydrogen-bond acceptors (Lipinski definition) is 3. The third-order valence-electron chi connectivity index (χ3n) is 12.5. The summed E-state index contributed by atoms with van der Waals surface area (Å²) in [5.74, 6) is 4.87. The van der Waals surface area contributed by atoms with E-state index in [1.165, 1.54) is 51.4 Å². The fraction of sp³-hybridized carbons (Fsp3) is 0.794. The molecule has 0 unspecified atom stereocenters. The van der Waals surface area contributed by atoms with E-state index in [2.05, 4.69) is 34.6 Å². The number of rotatable bonds is 7. The van der Waals surface area contributed by atoms with Crippen LogP contribution in [-0.2, 0) is 9.47 Å². The first-order valence-corrected chi connectivity index (χ1v) is 15.6. The lowest BCUT2D eigenvalue weighted by atomic mass is 9.44. The van der Waals surface area contributed by atoms with Gasteiger partial charge in [-0.05, 0) is 98.0 Å². The molecule has 0 aromatic heterocycles. The molecule has 1 aliphatic heterocycles. The van der Waals surface area contributed by atoms with Crippen molar-refractivity contribution in [2.75, 3.05) is 0 Å². The smallest absolute Gasteiger partial charge is 0.338 e. The average molecular weight is 507 g/mol. The maximum Gasteiger partial charge on any atom is 0.338 e. The van der Waals surface area contributed by atoms with E-state index < -0.39 is 0 Å². The number of carbonyl (C=O) groups is 1. The Labute approximate surface area is 225 Å². The van der Waals surface area contributed by atoms with Crippen molar-refractivity contribution in [2.45, 2.75) is 123 Å². The Hall–Kier alpha value is -1.35. The second-order valence-electron chi connectivity index (χ2n) is 14.7. The van der Waals surface area contributed by atoms with Gasteiger partial charge in [0.05, 0.1) is 11.7 Å². The van der Waals surface area contributed by atoms with Crippen molar-refractivity contribution in [1.82, 2.24) is 0 Å². The molecule has 6 rings (SSSR count). The van der Waals surface area contributed by atoms with Crippen molar-refractivity contribution in [2.24, 2.45) is 46.3 Å². The van der Waals surface area contributed by atoms with Crippen LogP contribution in [0.25, 0.3) is 0 Å². The largest absolute Gasteiger partial charge is 0.459 e. The Bertz CT molecular complexity index is 988. The quantitative estimate of drug-likeness (QED) is 0.275. The number of fused-ring (bicyclic) bond motifs is 4. The SMILES string of the molecule is CC(C)CCC[C@H](C)[C@H]1CC[C@H]2[C@@H]3C[C@@H]4O[C@@]45C[C@@H](OC(=O)c4ccccc4)CC[C@]5(C)[C@H]3CC[C@]12C. The molecule has 4 saturated carbocycles. The van der Waals surface area contributed by atoms with Crippen LogP contribution in [0.3, 0.4) is 0 Å². The first-order valence-electron chi connectivity index (χ1n) is 15.6. The summed E-state index contributed by atoms with van der Waals surface area (Å²) in [4.78, 5) is 12.8. The lowest BCUT2D eigenvalue weighted by molar-refractivity contribution is -0.118. The van der Waals surface area contributed by atoms with Crippen LogP contribution in [0.2, 0.25) is 0 Å². The average Bonchev–Trinajstić information content (AvgIpc) is 3.45. The molecule has 0 radical (unpaired) electrons. The minimum Gasteiger partial charge on any atom is -0.459 e. The van der Waals surface area contributed by atoms with Gasteiger partial charge in [0.15, 0.2) is 0 Å². The van der Waals surface area contributed by atoms with E-state index in [9.17, 15) is 4.79 Å². The molecule has 1 heterocycles. The molecule has 0 amide bonds. The summed E-state index contributed by atoms with van der Waals surface area (Å²) < 4.78 is 12.8. The number of hydrogen-bond donors (Lipinski definition) is 0. The lowest BCUT2D eigenvalue weighted by Crippen LogP contribution is -2.59. The van der Waals surface area contributed by atoms with Crippen LogP contribution < -0.4 is 0 Å². The lowest BCUT2D eigenvalue weighted by Gasteiger charge is -2.59. The minimum absolute atomic E-state index is 0.0151. The molecule has 3 heteroatoms. The highest BCUT2D eigenvalue weighted by Crippen LogP contribution is 2.74. The Morgan fingerprint density at radius 1 is 1.00 bits per heavy atom. The molecule has 5 fully saturated rings. The number of ether oxygens (including phenoxy) is 2. The van der Waals surface area contributed by atoms with Gasteiger partial charge in [0.2, 0.25) is 0 Å². The van der Waals surface area contributed by atoms with Crippen LogP contribution in [0.15, 0.2) is 30.3 Å². The molecule has 3 nitrogen and oxygen atoms in total. The standard InChI is InChI=1S/C34H50O3/c1-22(2)10-9-11-23(3)27-14-15-28-26-20-30-34(37-30)21-25(36-31(35)24-12-7-6-8-13-24)16-19-33(34,5)29(26)17-18-32(27,28)4/h6-8,12-13,22-23,25-30H,9-11,14-21H2,1-5H3/t23-,25-,26-,27+,28-,29-,30-,32+,33+,34-/m0/s1. The molecule has 37 heavy (non-hydrogen) atoms. The van der Waals surface area contributed by atoms with Crippen molar-refractivity contribution in [1.29, 1.82) is 0 Å². The van der Waals surface area contributed by atoms with Gasteiger partial charge in [-0.25, -0.2) is 4.79 Å². The second kappa shape index (κ2) is 9.39. The third kappa shape index (κ3) is 4.12.